The Balaban J connectivity index is 2.70. The van der Waals surface area contributed by atoms with Gasteiger partial charge in [0.1, 0.15) is 11.6 Å². The fourth-order valence-corrected chi connectivity index (χ4v) is 2.00. The molecular weight excluding hydrogens is 232 g/mol. The molecule has 86 valence electrons. The molecule has 0 fully saturated rings. The van der Waals surface area contributed by atoms with Crippen LogP contribution in [0, 0.1) is 23.0 Å². The Hall–Kier alpha value is -1.12. The van der Waals surface area contributed by atoms with Crippen molar-refractivity contribution in [3.05, 3.63) is 29.3 Å². The molecule has 1 rings (SSSR count). The number of hydrogen-bond donors (Lipinski definition) is 0. The molecule has 0 amide bonds. The monoisotopic (exact) mass is 243 g/mol. The van der Waals surface area contributed by atoms with Gasteiger partial charge in [-0.05, 0) is 18.6 Å². The molecule has 2 nitrogen and oxygen atoms in total. The van der Waals surface area contributed by atoms with Crippen molar-refractivity contribution in [2.75, 3.05) is 19.5 Å². The Kier molecular flexibility index (Phi) is 5.23. The lowest BCUT2D eigenvalue weighted by atomic mass is 10.2. The van der Waals surface area contributed by atoms with Gasteiger partial charge >= 0.3 is 0 Å². The zero-order chi connectivity index (χ0) is 12.0. The van der Waals surface area contributed by atoms with Crippen LogP contribution in [0.1, 0.15) is 12.0 Å². The van der Waals surface area contributed by atoms with Crippen LogP contribution in [-0.4, -0.2) is 19.5 Å². The van der Waals surface area contributed by atoms with Crippen molar-refractivity contribution in [2.45, 2.75) is 11.3 Å². The van der Waals surface area contributed by atoms with E-state index < -0.39 is 11.6 Å². The van der Waals surface area contributed by atoms with Gasteiger partial charge in [-0.2, -0.15) is 5.26 Å². The summed E-state index contributed by atoms with van der Waals surface area (Å²) in [6.07, 6.45) is 0.722. The summed E-state index contributed by atoms with van der Waals surface area (Å²) in [6, 6.07) is 3.79. The Morgan fingerprint density at radius 2 is 2.00 bits per heavy atom. The van der Waals surface area contributed by atoms with Gasteiger partial charge < -0.3 is 4.74 Å². The van der Waals surface area contributed by atoms with Gasteiger partial charge in [-0.25, -0.2) is 8.78 Å². The Labute approximate surface area is 97.2 Å². The van der Waals surface area contributed by atoms with E-state index in [0.717, 1.165) is 30.3 Å². The van der Waals surface area contributed by atoms with Gasteiger partial charge in [-0.15, -0.1) is 11.8 Å². The summed E-state index contributed by atoms with van der Waals surface area (Å²) in [5, 5.41) is 8.52. The van der Waals surface area contributed by atoms with Crippen molar-refractivity contribution in [3.8, 4) is 6.07 Å². The van der Waals surface area contributed by atoms with Gasteiger partial charge in [0.2, 0.25) is 0 Å². The molecular formula is C11H11F2NOS. The molecule has 1 aromatic rings. The first-order valence-corrected chi connectivity index (χ1v) is 5.68. The Bertz CT molecular complexity index is 380. The molecule has 0 aliphatic heterocycles. The molecule has 0 spiro atoms. The number of thioether (sulfide) groups is 1. The summed E-state index contributed by atoms with van der Waals surface area (Å²) in [5.74, 6) is -0.786. The van der Waals surface area contributed by atoms with E-state index in [4.69, 9.17) is 10.00 Å². The van der Waals surface area contributed by atoms with E-state index in [-0.39, 0.29) is 10.5 Å². The molecule has 0 bridgehead atoms. The summed E-state index contributed by atoms with van der Waals surface area (Å²) in [5.41, 5.74) is -0.00348. The average molecular weight is 243 g/mol. The third-order valence-corrected chi connectivity index (χ3v) is 3.04. The van der Waals surface area contributed by atoms with E-state index in [0.29, 0.717) is 12.4 Å². The van der Waals surface area contributed by atoms with Crippen LogP contribution in [0.3, 0.4) is 0 Å². The number of methoxy groups -OCH3 is 1. The van der Waals surface area contributed by atoms with Crippen LogP contribution in [-0.2, 0) is 4.74 Å². The lowest BCUT2D eigenvalue weighted by Gasteiger charge is -2.04. The second-order valence-electron chi connectivity index (χ2n) is 3.08. The van der Waals surface area contributed by atoms with E-state index in [1.54, 1.807) is 13.2 Å². The molecule has 0 saturated heterocycles. The smallest absolute Gasteiger partial charge is 0.141 e. The number of hydrogen-bond acceptors (Lipinski definition) is 3. The van der Waals surface area contributed by atoms with Crippen molar-refractivity contribution >= 4 is 11.8 Å². The van der Waals surface area contributed by atoms with Crippen molar-refractivity contribution in [2.24, 2.45) is 0 Å². The molecule has 0 aromatic heterocycles. The van der Waals surface area contributed by atoms with Crippen LogP contribution < -0.4 is 0 Å². The minimum Gasteiger partial charge on any atom is -0.385 e. The van der Waals surface area contributed by atoms with Crippen LogP contribution in [0.2, 0.25) is 0 Å². The average Bonchev–Trinajstić information content (AvgIpc) is 2.26. The topological polar surface area (TPSA) is 33.0 Å². The highest BCUT2D eigenvalue weighted by molar-refractivity contribution is 7.99. The highest BCUT2D eigenvalue weighted by Crippen LogP contribution is 2.26. The van der Waals surface area contributed by atoms with Gasteiger partial charge in [-0.3, -0.25) is 0 Å². The van der Waals surface area contributed by atoms with Crippen molar-refractivity contribution in [3.63, 3.8) is 0 Å². The highest BCUT2D eigenvalue weighted by atomic mass is 32.2. The van der Waals surface area contributed by atoms with Crippen LogP contribution in [0.15, 0.2) is 17.0 Å². The molecule has 0 aliphatic rings. The molecule has 0 heterocycles. The Morgan fingerprint density at radius 1 is 1.38 bits per heavy atom. The zero-order valence-corrected chi connectivity index (χ0v) is 9.61. The first kappa shape index (κ1) is 12.9. The molecule has 0 atom stereocenters. The number of rotatable bonds is 5. The van der Waals surface area contributed by atoms with Crippen LogP contribution in [0.25, 0.3) is 0 Å². The van der Waals surface area contributed by atoms with Gasteiger partial charge in [0.15, 0.2) is 0 Å². The van der Waals surface area contributed by atoms with Crippen LogP contribution in [0.4, 0.5) is 8.78 Å². The number of benzene rings is 1. The molecule has 1 aromatic carbocycles. The van der Waals surface area contributed by atoms with Crippen molar-refractivity contribution < 1.29 is 13.5 Å². The second-order valence-corrected chi connectivity index (χ2v) is 4.18. The van der Waals surface area contributed by atoms with E-state index in [2.05, 4.69) is 0 Å². The van der Waals surface area contributed by atoms with Crippen LogP contribution >= 0.6 is 11.8 Å². The first-order valence-electron chi connectivity index (χ1n) is 4.70. The van der Waals surface area contributed by atoms with Crippen molar-refractivity contribution in [1.29, 1.82) is 5.26 Å². The number of nitrogens with zero attached hydrogens (tertiary/aromatic N) is 1. The Morgan fingerprint density at radius 3 is 2.50 bits per heavy atom. The lowest BCUT2D eigenvalue weighted by molar-refractivity contribution is 0.200. The molecule has 5 heteroatoms. The third-order valence-electron chi connectivity index (χ3n) is 1.87. The normalized spacial score (nSPS) is 10.1. The van der Waals surface area contributed by atoms with Crippen molar-refractivity contribution in [1.82, 2.24) is 0 Å². The minimum atomic E-state index is -0.682. The number of nitriles is 1. The molecule has 0 unspecified atom stereocenters. The number of ether oxygens (including phenoxy) is 1. The van der Waals surface area contributed by atoms with E-state index in [9.17, 15) is 8.78 Å². The third kappa shape index (κ3) is 3.47. The SMILES string of the molecule is COCCCSc1c(F)cc(C#N)cc1F. The predicted molar refractivity (Wildman–Crippen MR) is 58.3 cm³/mol. The minimum absolute atomic E-state index is 0.00348. The maximum Gasteiger partial charge on any atom is 0.141 e. The van der Waals surface area contributed by atoms with Gasteiger partial charge in [0, 0.05) is 19.5 Å². The van der Waals surface area contributed by atoms with Gasteiger partial charge in [0.05, 0.1) is 16.5 Å². The summed E-state index contributed by atoms with van der Waals surface area (Å²) in [6.45, 7) is 0.562. The lowest BCUT2D eigenvalue weighted by Crippen LogP contribution is -1.94. The quantitative estimate of drug-likeness (QED) is 0.588. The molecule has 16 heavy (non-hydrogen) atoms. The van der Waals surface area contributed by atoms with E-state index >= 15 is 0 Å². The molecule has 0 aliphatic carbocycles. The van der Waals surface area contributed by atoms with Crippen LogP contribution in [0.5, 0.6) is 0 Å². The predicted octanol–water partition coefficient (Wildman–Crippen LogP) is 2.97. The summed E-state index contributed by atoms with van der Waals surface area (Å²) in [7, 11) is 1.58. The zero-order valence-electron chi connectivity index (χ0n) is 8.80. The highest BCUT2D eigenvalue weighted by Gasteiger charge is 2.11. The maximum absolute atomic E-state index is 13.4. The van der Waals surface area contributed by atoms with Gasteiger partial charge in [0.25, 0.3) is 0 Å². The summed E-state index contributed by atoms with van der Waals surface area (Å²) < 4.78 is 31.6. The molecule has 0 radical (unpaired) electrons. The summed E-state index contributed by atoms with van der Waals surface area (Å²) >= 11 is 1.09. The van der Waals surface area contributed by atoms with E-state index in [1.165, 1.54) is 0 Å². The first-order chi connectivity index (χ1) is 7.69. The van der Waals surface area contributed by atoms with Gasteiger partial charge in [-0.1, -0.05) is 0 Å². The standard InChI is InChI=1S/C11H11F2NOS/c1-15-3-2-4-16-11-9(12)5-8(7-14)6-10(11)13/h5-6H,2-4H2,1H3. The fraction of sp³-hybridized carbons (Fsp3) is 0.364. The molecule has 0 N–H and O–H groups in total. The summed E-state index contributed by atoms with van der Waals surface area (Å²) in [4.78, 5) is -0.0323. The number of halogens is 2. The largest absolute Gasteiger partial charge is 0.385 e. The van der Waals surface area contributed by atoms with E-state index in [1.807, 2.05) is 0 Å². The maximum atomic E-state index is 13.4. The second kappa shape index (κ2) is 6.46. The fourth-order valence-electron chi connectivity index (χ4n) is 1.14. The molecule has 0 saturated carbocycles.